The lowest BCUT2D eigenvalue weighted by atomic mass is 10.1. The Bertz CT molecular complexity index is 1390. The fourth-order valence-electron chi connectivity index (χ4n) is 4.07. The number of hydrogen-bond acceptors (Lipinski definition) is 3. The monoisotopic (exact) mass is 416 g/mol. The Balaban J connectivity index is 2.04. The maximum absolute atomic E-state index is 13.5. The highest BCUT2D eigenvalue weighted by Crippen LogP contribution is 2.19. The van der Waals surface area contributed by atoms with Crippen LogP contribution in [0.15, 0.2) is 58.4 Å². The smallest absolute Gasteiger partial charge is 0.320 e. The minimum absolute atomic E-state index is 0.156. The van der Waals surface area contributed by atoms with Gasteiger partial charge in [0.25, 0.3) is 5.56 Å². The summed E-state index contributed by atoms with van der Waals surface area (Å²) in [7, 11) is 0. The molecule has 0 saturated carbocycles. The van der Waals surface area contributed by atoms with Crippen LogP contribution in [0.25, 0.3) is 16.9 Å². The van der Waals surface area contributed by atoms with Crippen molar-refractivity contribution < 1.29 is 0 Å². The van der Waals surface area contributed by atoms with Gasteiger partial charge in [-0.05, 0) is 49.4 Å². The average molecular weight is 417 g/mol. The van der Waals surface area contributed by atoms with Gasteiger partial charge in [-0.1, -0.05) is 55.8 Å². The van der Waals surface area contributed by atoms with Crippen LogP contribution in [0.2, 0.25) is 0 Å². The number of fused-ring (bicyclic) bond motifs is 1. The maximum Gasteiger partial charge on any atom is 0.337 e. The SMILES string of the molecule is Cc1ccc(-n2c(=O)n(CC(C)C)c(=O)c3c2ncn3Cc2ccccc2C)c(C)c1. The van der Waals surface area contributed by atoms with Crippen LogP contribution in [-0.4, -0.2) is 18.7 Å². The zero-order chi connectivity index (χ0) is 22.3. The third-order valence-electron chi connectivity index (χ3n) is 5.64. The highest BCUT2D eigenvalue weighted by molar-refractivity contribution is 5.73. The highest BCUT2D eigenvalue weighted by Gasteiger charge is 2.21. The molecule has 0 aliphatic carbocycles. The van der Waals surface area contributed by atoms with Gasteiger partial charge >= 0.3 is 5.69 Å². The minimum Gasteiger partial charge on any atom is -0.320 e. The summed E-state index contributed by atoms with van der Waals surface area (Å²) in [6.45, 7) is 10.9. The number of rotatable bonds is 5. The Morgan fingerprint density at radius 1 is 0.968 bits per heavy atom. The van der Waals surface area contributed by atoms with Crippen molar-refractivity contribution >= 4 is 11.2 Å². The van der Waals surface area contributed by atoms with Gasteiger partial charge in [-0.2, -0.15) is 0 Å². The lowest BCUT2D eigenvalue weighted by molar-refractivity contribution is 0.488. The van der Waals surface area contributed by atoms with Gasteiger partial charge in [0, 0.05) is 13.1 Å². The maximum atomic E-state index is 13.5. The average Bonchev–Trinajstić information content (AvgIpc) is 3.12. The number of aryl methyl sites for hydroxylation is 3. The fraction of sp³-hybridized carbons (Fsp3) is 0.320. The molecule has 6 nitrogen and oxygen atoms in total. The summed E-state index contributed by atoms with van der Waals surface area (Å²) in [5, 5.41) is 0. The van der Waals surface area contributed by atoms with E-state index in [0.29, 0.717) is 24.3 Å². The van der Waals surface area contributed by atoms with E-state index in [9.17, 15) is 9.59 Å². The number of aromatic nitrogens is 4. The van der Waals surface area contributed by atoms with E-state index in [2.05, 4.69) is 18.0 Å². The zero-order valence-electron chi connectivity index (χ0n) is 18.7. The molecule has 160 valence electrons. The fourth-order valence-corrected chi connectivity index (χ4v) is 4.07. The Labute approximate surface area is 181 Å². The first-order valence-electron chi connectivity index (χ1n) is 10.6. The van der Waals surface area contributed by atoms with Gasteiger partial charge in [-0.15, -0.1) is 0 Å². The number of nitrogens with zero attached hydrogens (tertiary/aromatic N) is 4. The van der Waals surface area contributed by atoms with Crippen LogP contribution in [0, 0.1) is 26.7 Å². The largest absolute Gasteiger partial charge is 0.337 e. The minimum atomic E-state index is -0.348. The summed E-state index contributed by atoms with van der Waals surface area (Å²) in [6, 6.07) is 14.0. The second kappa shape index (κ2) is 8.02. The molecule has 0 amide bonds. The predicted molar refractivity (Wildman–Crippen MR) is 124 cm³/mol. The van der Waals surface area contributed by atoms with Gasteiger partial charge in [-0.25, -0.2) is 14.3 Å². The van der Waals surface area contributed by atoms with Crippen molar-refractivity contribution in [1.29, 1.82) is 0 Å². The molecule has 0 bridgehead atoms. The molecule has 4 aromatic rings. The van der Waals surface area contributed by atoms with Crippen molar-refractivity contribution in [2.75, 3.05) is 0 Å². The molecule has 2 aromatic heterocycles. The van der Waals surface area contributed by atoms with Crippen LogP contribution >= 0.6 is 0 Å². The predicted octanol–water partition coefficient (Wildman–Crippen LogP) is 3.98. The normalized spacial score (nSPS) is 11.5. The van der Waals surface area contributed by atoms with Crippen molar-refractivity contribution in [2.24, 2.45) is 5.92 Å². The second-order valence-corrected chi connectivity index (χ2v) is 8.69. The number of hydrogen-bond donors (Lipinski definition) is 0. The van der Waals surface area contributed by atoms with E-state index in [1.807, 2.05) is 68.7 Å². The third kappa shape index (κ3) is 3.74. The Morgan fingerprint density at radius 2 is 1.71 bits per heavy atom. The lowest BCUT2D eigenvalue weighted by Crippen LogP contribution is -2.41. The summed E-state index contributed by atoms with van der Waals surface area (Å²) < 4.78 is 4.79. The van der Waals surface area contributed by atoms with Crippen LogP contribution in [-0.2, 0) is 13.1 Å². The lowest BCUT2D eigenvalue weighted by Gasteiger charge is -2.16. The topological polar surface area (TPSA) is 61.8 Å². The summed E-state index contributed by atoms with van der Waals surface area (Å²) in [6.07, 6.45) is 1.66. The van der Waals surface area contributed by atoms with Crippen molar-refractivity contribution in [3.63, 3.8) is 0 Å². The first kappa shape index (κ1) is 20.8. The molecular formula is C25H28N4O2. The highest BCUT2D eigenvalue weighted by atomic mass is 16.2. The van der Waals surface area contributed by atoms with E-state index in [0.717, 1.165) is 27.9 Å². The first-order chi connectivity index (χ1) is 14.8. The van der Waals surface area contributed by atoms with Gasteiger partial charge in [0.15, 0.2) is 11.2 Å². The molecule has 0 unspecified atom stereocenters. The molecule has 6 heteroatoms. The number of imidazole rings is 1. The quantitative estimate of drug-likeness (QED) is 0.494. The first-order valence-corrected chi connectivity index (χ1v) is 10.6. The molecule has 0 radical (unpaired) electrons. The molecule has 0 atom stereocenters. The van der Waals surface area contributed by atoms with Crippen molar-refractivity contribution in [1.82, 2.24) is 18.7 Å². The molecule has 2 aromatic carbocycles. The van der Waals surface area contributed by atoms with E-state index >= 15 is 0 Å². The van der Waals surface area contributed by atoms with Crippen LogP contribution in [0.3, 0.4) is 0 Å². The van der Waals surface area contributed by atoms with Gasteiger partial charge in [0.2, 0.25) is 0 Å². The molecule has 4 rings (SSSR count). The van der Waals surface area contributed by atoms with Crippen LogP contribution < -0.4 is 11.2 Å². The van der Waals surface area contributed by atoms with Crippen molar-refractivity contribution in [2.45, 2.75) is 47.7 Å². The summed E-state index contributed by atoms with van der Waals surface area (Å²) in [4.78, 5) is 31.5. The molecule has 0 N–H and O–H groups in total. The summed E-state index contributed by atoms with van der Waals surface area (Å²) in [5.74, 6) is 0.156. The van der Waals surface area contributed by atoms with E-state index in [1.165, 1.54) is 4.57 Å². The third-order valence-corrected chi connectivity index (χ3v) is 5.64. The number of benzene rings is 2. The Kier molecular flexibility index (Phi) is 5.39. The Morgan fingerprint density at radius 3 is 2.39 bits per heavy atom. The van der Waals surface area contributed by atoms with Gasteiger partial charge in [0.05, 0.1) is 12.0 Å². The molecule has 0 saturated heterocycles. The zero-order valence-corrected chi connectivity index (χ0v) is 18.7. The standard InChI is InChI=1S/C25H28N4O2/c1-16(2)13-28-24(30)22-23(26-15-27(22)14-20-9-7-6-8-18(20)4)29(25(28)31)21-11-10-17(3)12-19(21)5/h6-12,15-16H,13-14H2,1-5H3. The van der Waals surface area contributed by atoms with Crippen molar-refractivity contribution in [3.8, 4) is 5.69 Å². The van der Waals surface area contributed by atoms with E-state index in [1.54, 1.807) is 10.9 Å². The van der Waals surface area contributed by atoms with E-state index in [4.69, 9.17) is 0 Å². The van der Waals surface area contributed by atoms with Crippen LogP contribution in [0.5, 0.6) is 0 Å². The Hall–Kier alpha value is -3.41. The molecule has 0 aliphatic heterocycles. The summed E-state index contributed by atoms with van der Waals surface area (Å²) >= 11 is 0. The van der Waals surface area contributed by atoms with Crippen molar-refractivity contribution in [3.05, 3.63) is 91.9 Å². The van der Waals surface area contributed by atoms with E-state index < -0.39 is 0 Å². The molecule has 0 aliphatic rings. The molecule has 0 spiro atoms. The van der Waals surface area contributed by atoms with Gasteiger partial charge in [0.1, 0.15) is 0 Å². The molecular weight excluding hydrogens is 388 g/mol. The van der Waals surface area contributed by atoms with Gasteiger partial charge < -0.3 is 4.57 Å². The molecule has 0 fully saturated rings. The molecule has 2 heterocycles. The van der Waals surface area contributed by atoms with Crippen LogP contribution in [0.4, 0.5) is 0 Å². The second-order valence-electron chi connectivity index (χ2n) is 8.69. The van der Waals surface area contributed by atoms with E-state index in [-0.39, 0.29) is 17.2 Å². The van der Waals surface area contributed by atoms with Gasteiger partial charge in [-0.3, -0.25) is 9.36 Å². The summed E-state index contributed by atoms with van der Waals surface area (Å²) in [5.41, 5.74) is 5.30. The molecule has 31 heavy (non-hydrogen) atoms. The van der Waals surface area contributed by atoms with Crippen LogP contribution in [0.1, 0.15) is 36.1 Å².